The Balaban J connectivity index is 2.02. The fourth-order valence-electron chi connectivity index (χ4n) is 2.71. The number of hydrogen-bond donors (Lipinski definition) is 1. The van der Waals surface area contributed by atoms with Gasteiger partial charge in [0, 0.05) is 18.1 Å². The Morgan fingerprint density at radius 2 is 1.81 bits per heavy atom. The monoisotopic (exact) mass is 282 g/mol. The van der Waals surface area contributed by atoms with Crippen molar-refractivity contribution in [2.45, 2.75) is 12.5 Å². The molecular formula is C16H18N4O. The topological polar surface area (TPSA) is 63.7 Å². The second kappa shape index (κ2) is 5.09. The predicted molar refractivity (Wildman–Crippen MR) is 83.6 cm³/mol. The first kappa shape index (κ1) is 13.4. The molecule has 5 heteroatoms. The average Bonchev–Trinajstić information content (AvgIpc) is 2.85. The van der Waals surface area contributed by atoms with Gasteiger partial charge in [-0.1, -0.05) is 0 Å². The summed E-state index contributed by atoms with van der Waals surface area (Å²) in [5, 5.41) is 0. The molecule has 0 amide bonds. The number of aliphatic imine (C=N–C) groups is 1. The van der Waals surface area contributed by atoms with Crippen LogP contribution in [0.2, 0.25) is 0 Å². The van der Waals surface area contributed by atoms with Crippen LogP contribution in [0.1, 0.15) is 12.5 Å². The zero-order valence-corrected chi connectivity index (χ0v) is 12.2. The van der Waals surface area contributed by atoms with Gasteiger partial charge in [-0.25, -0.2) is 0 Å². The maximum absolute atomic E-state index is 6.12. The van der Waals surface area contributed by atoms with Crippen LogP contribution >= 0.6 is 0 Å². The summed E-state index contributed by atoms with van der Waals surface area (Å²) in [7, 11) is 1.65. The molecule has 1 aliphatic heterocycles. The molecule has 0 fully saturated rings. The molecule has 0 aliphatic carbocycles. The maximum Gasteiger partial charge on any atom is 0.196 e. The highest BCUT2D eigenvalue weighted by Gasteiger charge is 2.40. The largest absolute Gasteiger partial charge is 0.497 e. The number of pyridine rings is 1. The smallest absolute Gasteiger partial charge is 0.196 e. The third kappa shape index (κ3) is 2.20. The minimum Gasteiger partial charge on any atom is -0.497 e. The molecule has 1 aromatic carbocycles. The number of hydrogen-bond acceptors (Lipinski definition) is 5. The Labute approximate surface area is 124 Å². The van der Waals surface area contributed by atoms with E-state index in [4.69, 9.17) is 10.5 Å². The number of guanidine groups is 1. The predicted octanol–water partition coefficient (Wildman–Crippen LogP) is 2.14. The molecule has 5 nitrogen and oxygen atoms in total. The van der Waals surface area contributed by atoms with Crippen molar-refractivity contribution >= 4 is 11.6 Å². The zero-order valence-electron chi connectivity index (χ0n) is 12.2. The van der Waals surface area contributed by atoms with E-state index in [0.29, 0.717) is 12.5 Å². The van der Waals surface area contributed by atoms with Gasteiger partial charge in [0.15, 0.2) is 5.96 Å². The van der Waals surface area contributed by atoms with Gasteiger partial charge in [0.25, 0.3) is 0 Å². The van der Waals surface area contributed by atoms with Gasteiger partial charge >= 0.3 is 0 Å². The van der Waals surface area contributed by atoms with E-state index in [2.05, 4.69) is 21.8 Å². The number of aromatic nitrogens is 1. The van der Waals surface area contributed by atoms with Gasteiger partial charge in [0.05, 0.1) is 19.2 Å². The van der Waals surface area contributed by atoms with Crippen LogP contribution in [0.15, 0.2) is 53.8 Å². The van der Waals surface area contributed by atoms with Crippen molar-refractivity contribution in [3.05, 3.63) is 54.4 Å². The summed E-state index contributed by atoms with van der Waals surface area (Å²) in [6.45, 7) is 2.75. The molecule has 1 aliphatic rings. The normalized spacial score (nSPS) is 21.2. The lowest BCUT2D eigenvalue weighted by atomic mass is 9.91. The number of methoxy groups -OCH3 is 1. The van der Waals surface area contributed by atoms with Crippen LogP contribution in [0, 0.1) is 0 Å². The van der Waals surface area contributed by atoms with Crippen molar-refractivity contribution in [1.29, 1.82) is 0 Å². The molecule has 108 valence electrons. The van der Waals surface area contributed by atoms with Crippen molar-refractivity contribution in [3.63, 3.8) is 0 Å². The highest BCUT2D eigenvalue weighted by molar-refractivity contribution is 5.98. The van der Waals surface area contributed by atoms with E-state index in [0.717, 1.165) is 17.0 Å². The maximum atomic E-state index is 6.12. The summed E-state index contributed by atoms with van der Waals surface area (Å²) in [6.07, 6.45) is 3.59. The molecule has 1 atom stereocenters. The van der Waals surface area contributed by atoms with E-state index in [-0.39, 0.29) is 5.54 Å². The first-order chi connectivity index (χ1) is 10.1. The molecule has 0 radical (unpaired) electrons. The molecule has 0 bridgehead atoms. The number of nitrogens with two attached hydrogens (primary N) is 1. The van der Waals surface area contributed by atoms with Gasteiger partial charge in [0.1, 0.15) is 5.75 Å². The zero-order chi connectivity index (χ0) is 14.9. The fourth-order valence-corrected chi connectivity index (χ4v) is 2.71. The van der Waals surface area contributed by atoms with Gasteiger partial charge in [-0.2, -0.15) is 0 Å². The van der Waals surface area contributed by atoms with Crippen LogP contribution in [0.5, 0.6) is 5.75 Å². The molecule has 21 heavy (non-hydrogen) atoms. The molecule has 0 saturated carbocycles. The molecule has 1 unspecified atom stereocenters. The number of rotatable bonds is 3. The Hall–Kier alpha value is -2.56. The van der Waals surface area contributed by atoms with E-state index >= 15 is 0 Å². The summed E-state index contributed by atoms with van der Waals surface area (Å²) < 4.78 is 5.21. The van der Waals surface area contributed by atoms with Crippen LogP contribution in [0.4, 0.5) is 5.69 Å². The molecule has 2 N–H and O–H groups in total. The van der Waals surface area contributed by atoms with Gasteiger partial charge in [-0.15, -0.1) is 0 Å². The van der Waals surface area contributed by atoms with Crippen LogP contribution < -0.4 is 15.4 Å². The highest BCUT2D eigenvalue weighted by Crippen LogP contribution is 2.36. The van der Waals surface area contributed by atoms with Gasteiger partial charge < -0.3 is 15.4 Å². The van der Waals surface area contributed by atoms with E-state index in [1.165, 1.54) is 0 Å². The Bertz CT molecular complexity index is 654. The van der Waals surface area contributed by atoms with E-state index in [9.17, 15) is 0 Å². The standard InChI is InChI=1S/C16H18N4O/c1-16(12-7-9-18-10-8-12)11-19-15(17)20(16)13-3-5-14(21-2)6-4-13/h3-10H,11H2,1-2H3,(H2,17,19). The van der Waals surface area contributed by atoms with Gasteiger partial charge in [-0.05, 0) is 48.9 Å². The van der Waals surface area contributed by atoms with E-state index < -0.39 is 0 Å². The van der Waals surface area contributed by atoms with Crippen LogP contribution in [0.25, 0.3) is 0 Å². The first-order valence-corrected chi connectivity index (χ1v) is 6.80. The lowest BCUT2D eigenvalue weighted by Crippen LogP contribution is -2.47. The number of nitrogens with zero attached hydrogens (tertiary/aromatic N) is 3. The molecule has 0 saturated heterocycles. The van der Waals surface area contributed by atoms with Crippen molar-refractivity contribution in [2.24, 2.45) is 10.7 Å². The van der Waals surface area contributed by atoms with Gasteiger partial charge in [-0.3, -0.25) is 9.98 Å². The minimum atomic E-state index is -0.304. The lowest BCUT2D eigenvalue weighted by Gasteiger charge is -2.36. The number of anilines is 1. The molecule has 1 aromatic heterocycles. The molecular weight excluding hydrogens is 264 g/mol. The average molecular weight is 282 g/mol. The minimum absolute atomic E-state index is 0.304. The summed E-state index contributed by atoms with van der Waals surface area (Å²) in [6, 6.07) is 11.8. The Kier molecular flexibility index (Phi) is 3.25. The summed E-state index contributed by atoms with van der Waals surface area (Å²) in [4.78, 5) is 10.6. The Morgan fingerprint density at radius 3 is 2.43 bits per heavy atom. The van der Waals surface area contributed by atoms with Crippen LogP contribution in [-0.2, 0) is 5.54 Å². The quantitative estimate of drug-likeness (QED) is 0.936. The molecule has 3 rings (SSSR count). The number of ether oxygens (including phenoxy) is 1. The van der Waals surface area contributed by atoms with Gasteiger partial charge in [0.2, 0.25) is 0 Å². The van der Waals surface area contributed by atoms with E-state index in [1.54, 1.807) is 19.5 Å². The SMILES string of the molecule is COc1ccc(N2C(N)=NCC2(C)c2ccncc2)cc1. The molecule has 0 spiro atoms. The fraction of sp³-hybridized carbons (Fsp3) is 0.250. The van der Waals surface area contributed by atoms with Crippen molar-refractivity contribution < 1.29 is 4.74 Å². The summed E-state index contributed by atoms with van der Waals surface area (Å²) in [5.74, 6) is 1.35. The highest BCUT2D eigenvalue weighted by atomic mass is 16.5. The summed E-state index contributed by atoms with van der Waals surface area (Å²) in [5.41, 5.74) is 7.95. The van der Waals surface area contributed by atoms with Crippen molar-refractivity contribution in [1.82, 2.24) is 4.98 Å². The van der Waals surface area contributed by atoms with Crippen LogP contribution in [-0.4, -0.2) is 24.6 Å². The third-order valence-corrected chi connectivity index (χ3v) is 3.90. The van der Waals surface area contributed by atoms with Crippen molar-refractivity contribution in [2.75, 3.05) is 18.6 Å². The molecule has 2 aromatic rings. The van der Waals surface area contributed by atoms with Crippen LogP contribution in [0.3, 0.4) is 0 Å². The Morgan fingerprint density at radius 1 is 1.14 bits per heavy atom. The summed E-state index contributed by atoms with van der Waals surface area (Å²) >= 11 is 0. The van der Waals surface area contributed by atoms with E-state index in [1.807, 2.05) is 36.4 Å². The first-order valence-electron chi connectivity index (χ1n) is 6.80. The lowest BCUT2D eigenvalue weighted by molar-refractivity contribution is 0.414. The molecule has 2 heterocycles. The number of benzene rings is 1. The second-order valence-electron chi connectivity index (χ2n) is 5.22. The third-order valence-electron chi connectivity index (χ3n) is 3.90. The van der Waals surface area contributed by atoms with Crippen molar-refractivity contribution in [3.8, 4) is 5.75 Å². The second-order valence-corrected chi connectivity index (χ2v) is 5.22.